The Balaban J connectivity index is 2.15. The Bertz CT molecular complexity index is 1100. The predicted molar refractivity (Wildman–Crippen MR) is 118 cm³/mol. The molecular weight excluding hydrogens is 420 g/mol. The van der Waals surface area contributed by atoms with Crippen LogP contribution in [-0.2, 0) is 0 Å². The van der Waals surface area contributed by atoms with Gasteiger partial charge in [0.2, 0.25) is 0 Å². The summed E-state index contributed by atoms with van der Waals surface area (Å²) in [5.74, 6) is 1.33. The van der Waals surface area contributed by atoms with Crippen LogP contribution in [0.15, 0.2) is 50.8 Å². The molecule has 0 aliphatic carbocycles. The summed E-state index contributed by atoms with van der Waals surface area (Å²) in [6, 6.07) is 11.3. The smallest absolute Gasteiger partial charge is 0.282 e. The molecule has 0 aliphatic heterocycles. The third-order valence-corrected chi connectivity index (χ3v) is 4.89. The Kier molecular flexibility index (Phi) is 5.84. The van der Waals surface area contributed by atoms with Gasteiger partial charge in [-0.25, -0.2) is 4.98 Å². The summed E-state index contributed by atoms with van der Waals surface area (Å²) in [5.41, 5.74) is 2.27. The van der Waals surface area contributed by atoms with E-state index in [4.69, 9.17) is 4.74 Å². The number of rotatable bonds is 5. The average molecular weight is 443 g/mol. The van der Waals surface area contributed by atoms with E-state index in [0.717, 1.165) is 15.7 Å². The molecule has 0 N–H and O–H groups in total. The van der Waals surface area contributed by atoms with Gasteiger partial charge in [-0.1, -0.05) is 29.8 Å². The lowest BCUT2D eigenvalue weighted by molar-refractivity contribution is 0.414. The average Bonchev–Trinajstić information content (AvgIpc) is 2.67. The zero-order valence-corrected chi connectivity index (χ0v) is 18.2. The Labute approximate surface area is 172 Å². The number of nitrogens with zero attached hydrogens (tertiary/aromatic N) is 4. The molecule has 28 heavy (non-hydrogen) atoms. The molecule has 0 fully saturated rings. The van der Waals surface area contributed by atoms with Crippen molar-refractivity contribution in [1.29, 1.82) is 0 Å². The first kappa shape index (κ1) is 20.1. The van der Waals surface area contributed by atoms with E-state index < -0.39 is 0 Å². The van der Waals surface area contributed by atoms with Crippen LogP contribution in [0.1, 0.15) is 31.2 Å². The van der Waals surface area contributed by atoms with Crippen LogP contribution in [0.2, 0.25) is 0 Å². The van der Waals surface area contributed by atoms with Gasteiger partial charge in [0.15, 0.2) is 0 Å². The van der Waals surface area contributed by atoms with Gasteiger partial charge in [0.1, 0.15) is 11.6 Å². The number of halogens is 1. The van der Waals surface area contributed by atoms with Gasteiger partial charge < -0.3 is 9.64 Å². The van der Waals surface area contributed by atoms with Crippen LogP contribution in [0.5, 0.6) is 5.75 Å². The highest BCUT2D eigenvalue weighted by atomic mass is 79.9. The summed E-state index contributed by atoms with van der Waals surface area (Å²) in [5, 5.41) is 4.99. The molecule has 0 amide bonds. The highest BCUT2D eigenvalue weighted by molar-refractivity contribution is 9.10. The number of ether oxygens (including phenoxy) is 1. The fraction of sp³-hybridized carbons (Fsp3) is 0.286. The van der Waals surface area contributed by atoms with Gasteiger partial charge in [0.05, 0.1) is 24.2 Å². The van der Waals surface area contributed by atoms with Gasteiger partial charge in [-0.3, -0.25) is 4.79 Å². The highest BCUT2D eigenvalue weighted by Crippen LogP contribution is 2.24. The van der Waals surface area contributed by atoms with Gasteiger partial charge in [0, 0.05) is 41.8 Å². The minimum absolute atomic E-state index is 0.0379. The fourth-order valence-corrected chi connectivity index (χ4v) is 3.22. The number of methoxy groups -OCH3 is 1. The molecule has 0 radical (unpaired) electrons. The van der Waals surface area contributed by atoms with E-state index in [9.17, 15) is 4.79 Å². The van der Waals surface area contributed by atoms with Crippen LogP contribution < -0.4 is 15.2 Å². The van der Waals surface area contributed by atoms with Crippen molar-refractivity contribution in [3.8, 4) is 5.75 Å². The van der Waals surface area contributed by atoms with Crippen LogP contribution in [-0.4, -0.2) is 37.1 Å². The second-order valence-corrected chi connectivity index (χ2v) is 7.88. The second kappa shape index (κ2) is 8.14. The molecule has 0 saturated heterocycles. The van der Waals surface area contributed by atoms with Crippen molar-refractivity contribution in [2.75, 3.05) is 26.1 Å². The molecule has 2 aromatic carbocycles. The fourth-order valence-electron chi connectivity index (χ4n) is 2.86. The number of hydrogen-bond acceptors (Lipinski definition) is 5. The predicted octanol–water partition coefficient (Wildman–Crippen LogP) is 4.24. The third kappa shape index (κ3) is 3.94. The summed E-state index contributed by atoms with van der Waals surface area (Å²) in [7, 11) is 5.55. The first-order valence-electron chi connectivity index (χ1n) is 8.93. The van der Waals surface area contributed by atoms with Crippen molar-refractivity contribution in [1.82, 2.24) is 9.66 Å². The summed E-state index contributed by atoms with van der Waals surface area (Å²) in [6.07, 6.45) is 1.64. The second-order valence-electron chi connectivity index (χ2n) is 6.97. The summed E-state index contributed by atoms with van der Waals surface area (Å²) < 4.78 is 7.69. The van der Waals surface area contributed by atoms with Crippen molar-refractivity contribution in [3.63, 3.8) is 0 Å². The zero-order valence-electron chi connectivity index (χ0n) is 16.6. The number of benzene rings is 2. The van der Waals surface area contributed by atoms with Gasteiger partial charge in [0.25, 0.3) is 5.56 Å². The molecule has 0 bridgehead atoms. The monoisotopic (exact) mass is 442 g/mol. The molecule has 1 heterocycles. The van der Waals surface area contributed by atoms with Gasteiger partial charge in [-0.15, -0.1) is 0 Å². The van der Waals surface area contributed by atoms with Crippen LogP contribution in [0, 0.1) is 0 Å². The molecule has 146 valence electrons. The zero-order chi connectivity index (χ0) is 20.4. The Morgan fingerprint density at radius 2 is 1.96 bits per heavy atom. The molecule has 0 atom stereocenters. The molecule has 7 heteroatoms. The largest absolute Gasteiger partial charge is 0.496 e. The number of fused-ring (bicyclic) bond motifs is 1. The lowest BCUT2D eigenvalue weighted by atomic mass is 10.2. The van der Waals surface area contributed by atoms with E-state index in [2.05, 4.69) is 26.0 Å². The molecule has 3 aromatic rings. The maximum absolute atomic E-state index is 13.1. The molecule has 0 spiro atoms. The van der Waals surface area contributed by atoms with Crippen LogP contribution in [0.4, 0.5) is 5.69 Å². The first-order chi connectivity index (χ1) is 13.3. The maximum atomic E-state index is 13.1. The van der Waals surface area contributed by atoms with E-state index >= 15 is 0 Å². The van der Waals surface area contributed by atoms with Gasteiger partial charge >= 0.3 is 0 Å². The third-order valence-electron chi connectivity index (χ3n) is 4.40. The highest BCUT2D eigenvalue weighted by Gasteiger charge is 2.14. The van der Waals surface area contributed by atoms with E-state index in [-0.39, 0.29) is 11.5 Å². The number of aromatic nitrogens is 2. The standard InChI is InChI=1S/C21H23BrN4O2/c1-13(2)20-24-18-9-7-15(22)10-17(18)21(27)26(20)23-12-14-6-8-16(25(3)4)11-19(14)28-5/h6-13H,1-5H3. The van der Waals surface area contributed by atoms with Gasteiger partial charge in [-0.05, 0) is 30.3 Å². The molecule has 6 nitrogen and oxygen atoms in total. The Morgan fingerprint density at radius 3 is 2.61 bits per heavy atom. The molecule has 0 aliphatic rings. The Morgan fingerprint density at radius 1 is 1.21 bits per heavy atom. The lowest BCUT2D eigenvalue weighted by Gasteiger charge is -2.15. The SMILES string of the molecule is COc1cc(N(C)C)ccc1C=Nn1c(C(C)C)nc2ccc(Br)cc2c1=O. The van der Waals surface area contributed by atoms with Crippen LogP contribution in [0.3, 0.4) is 0 Å². The van der Waals surface area contributed by atoms with Crippen molar-refractivity contribution < 1.29 is 4.74 Å². The Hall–Kier alpha value is -2.67. The van der Waals surface area contributed by atoms with Crippen molar-refractivity contribution in [2.24, 2.45) is 5.10 Å². The molecular formula is C21H23BrN4O2. The topological polar surface area (TPSA) is 59.7 Å². The normalized spacial score (nSPS) is 11.5. The van der Waals surface area contributed by atoms with Crippen LogP contribution >= 0.6 is 15.9 Å². The van der Waals surface area contributed by atoms with E-state index in [1.165, 1.54) is 4.68 Å². The minimum Gasteiger partial charge on any atom is -0.496 e. The van der Waals surface area contributed by atoms with E-state index in [1.807, 2.05) is 63.2 Å². The molecule has 0 unspecified atom stereocenters. The first-order valence-corrected chi connectivity index (χ1v) is 9.73. The van der Waals surface area contributed by atoms with E-state index in [1.54, 1.807) is 19.4 Å². The van der Waals surface area contributed by atoms with Crippen molar-refractivity contribution in [2.45, 2.75) is 19.8 Å². The van der Waals surface area contributed by atoms with Crippen molar-refractivity contribution in [3.05, 3.63) is 62.6 Å². The summed E-state index contributed by atoms with van der Waals surface area (Å²) in [4.78, 5) is 19.7. The molecule has 1 aromatic heterocycles. The lowest BCUT2D eigenvalue weighted by Crippen LogP contribution is -2.23. The number of anilines is 1. The summed E-state index contributed by atoms with van der Waals surface area (Å²) >= 11 is 3.42. The van der Waals surface area contributed by atoms with Crippen molar-refractivity contribution >= 4 is 38.7 Å². The minimum atomic E-state index is -0.199. The van der Waals surface area contributed by atoms with Crippen LogP contribution in [0.25, 0.3) is 10.9 Å². The summed E-state index contributed by atoms with van der Waals surface area (Å²) in [6.45, 7) is 3.98. The maximum Gasteiger partial charge on any atom is 0.282 e. The number of hydrogen-bond donors (Lipinski definition) is 0. The quantitative estimate of drug-likeness (QED) is 0.554. The van der Waals surface area contributed by atoms with Gasteiger partial charge in [-0.2, -0.15) is 9.78 Å². The molecule has 0 saturated carbocycles. The van der Waals surface area contributed by atoms with E-state index in [0.29, 0.717) is 22.5 Å². The molecule has 3 rings (SSSR count).